The fourth-order valence-electron chi connectivity index (χ4n) is 1.51. The van der Waals surface area contributed by atoms with E-state index in [-0.39, 0.29) is 6.10 Å². The number of aromatic nitrogens is 2. The fraction of sp³-hybridized carbons (Fsp3) is 0.600. The molecule has 1 aliphatic rings. The first-order chi connectivity index (χ1) is 6.77. The van der Waals surface area contributed by atoms with Crippen LogP contribution in [-0.2, 0) is 9.47 Å². The van der Waals surface area contributed by atoms with Crippen LogP contribution in [0.15, 0.2) is 6.20 Å². The van der Waals surface area contributed by atoms with E-state index in [4.69, 9.17) is 9.47 Å². The van der Waals surface area contributed by atoms with Crippen molar-refractivity contribution < 1.29 is 9.47 Å². The maximum absolute atomic E-state index is 5.57. The third kappa shape index (κ3) is 1.91. The number of nitrogens with zero attached hydrogens (tertiary/aromatic N) is 2. The Kier molecular flexibility index (Phi) is 2.74. The van der Waals surface area contributed by atoms with Crippen molar-refractivity contribution in [2.45, 2.75) is 20.0 Å². The average Bonchev–Trinajstić information content (AvgIpc) is 2.23. The zero-order valence-electron chi connectivity index (χ0n) is 8.49. The van der Waals surface area contributed by atoms with E-state index in [1.165, 1.54) is 0 Å². The second kappa shape index (κ2) is 4.02. The third-order valence-electron chi connectivity index (χ3n) is 2.23. The zero-order valence-corrected chi connectivity index (χ0v) is 8.49. The van der Waals surface area contributed by atoms with Crippen molar-refractivity contribution in [3.63, 3.8) is 0 Å². The normalized spacial score (nSPS) is 22.3. The molecule has 4 heteroatoms. The van der Waals surface area contributed by atoms with Gasteiger partial charge in [0.05, 0.1) is 36.9 Å². The molecular formula is C10H14N2O2. The molecule has 0 aromatic carbocycles. The summed E-state index contributed by atoms with van der Waals surface area (Å²) in [5.41, 5.74) is 2.75. The molecule has 1 fully saturated rings. The van der Waals surface area contributed by atoms with Gasteiger partial charge in [-0.2, -0.15) is 0 Å². The number of hydrogen-bond acceptors (Lipinski definition) is 4. The van der Waals surface area contributed by atoms with Gasteiger partial charge in [0.25, 0.3) is 0 Å². The van der Waals surface area contributed by atoms with Crippen molar-refractivity contribution in [2.75, 3.05) is 19.8 Å². The lowest BCUT2D eigenvalue weighted by Crippen LogP contribution is -2.23. The van der Waals surface area contributed by atoms with Crippen molar-refractivity contribution in [2.24, 2.45) is 0 Å². The largest absolute Gasteiger partial charge is 0.376 e. The van der Waals surface area contributed by atoms with Crippen LogP contribution in [0, 0.1) is 13.8 Å². The summed E-state index contributed by atoms with van der Waals surface area (Å²) in [7, 11) is 0. The topological polar surface area (TPSA) is 44.2 Å². The molecule has 2 rings (SSSR count). The van der Waals surface area contributed by atoms with E-state index >= 15 is 0 Å². The van der Waals surface area contributed by atoms with Gasteiger partial charge >= 0.3 is 0 Å². The molecule has 0 bridgehead atoms. The maximum Gasteiger partial charge on any atom is 0.125 e. The lowest BCUT2D eigenvalue weighted by Gasteiger charge is -2.23. The summed E-state index contributed by atoms with van der Waals surface area (Å²) < 4.78 is 10.9. The van der Waals surface area contributed by atoms with Crippen molar-refractivity contribution in [3.8, 4) is 0 Å². The molecule has 0 radical (unpaired) electrons. The predicted octanol–water partition coefficient (Wildman–Crippen LogP) is 1.18. The summed E-state index contributed by atoms with van der Waals surface area (Å²) in [6.07, 6.45) is 1.72. The van der Waals surface area contributed by atoms with E-state index in [9.17, 15) is 0 Å². The second-order valence-corrected chi connectivity index (χ2v) is 3.42. The number of rotatable bonds is 1. The smallest absolute Gasteiger partial charge is 0.125 e. The molecule has 0 saturated carbocycles. The minimum atomic E-state index is -0.0452. The molecule has 0 amide bonds. The molecule has 1 atom stereocenters. The minimum Gasteiger partial charge on any atom is -0.376 e. The maximum atomic E-state index is 5.57. The van der Waals surface area contributed by atoms with Gasteiger partial charge in [0.2, 0.25) is 0 Å². The first-order valence-electron chi connectivity index (χ1n) is 4.77. The monoisotopic (exact) mass is 194 g/mol. The summed E-state index contributed by atoms with van der Waals surface area (Å²) in [6.45, 7) is 5.77. The molecule has 0 aliphatic carbocycles. The summed E-state index contributed by atoms with van der Waals surface area (Å²) >= 11 is 0. The zero-order chi connectivity index (χ0) is 9.97. The van der Waals surface area contributed by atoms with Gasteiger partial charge in [-0.15, -0.1) is 0 Å². The molecule has 1 saturated heterocycles. The van der Waals surface area contributed by atoms with Crippen LogP contribution in [0.1, 0.15) is 23.2 Å². The van der Waals surface area contributed by atoms with Crippen LogP contribution in [-0.4, -0.2) is 29.8 Å². The van der Waals surface area contributed by atoms with Crippen molar-refractivity contribution in [1.29, 1.82) is 0 Å². The molecule has 0 spiro atoms. The highest BCUT2D eigenvalue weighted by molar-refractivity contribution is 5.15. The van der Waals surface area contributed by atoms with Crippen LogP contribution < -0.4 is 0 Å². The first kappa shape index (κ1) is 9.55. The Balaban J connectivity index is 2.24. The van der Waals surface area contributed by atoms with E-state index in [1.807, 2.05) is 13.8 Å². The molecule has 14 heavy (non-hydrogen) atoms. The van der Waals surface area contributed by atoms with Crippen molar-refractivity contribution in [3.05, 3.63) is 23.3 Å². The van der Waals surface area contributed by atoms with Gasteiger partial charge in [-0.05, 0) is 13.8 Å². The Labute approximate surface area is 83.3 Å². The minimum absolute atomic E-state index is 0.0452. The van der Waals surface area contributed by atoms with Gasteiger partial charge in [-0.3, -0.25) is 9.97 Å². The molecule has 1 aromatic rings. The fourth-order valence-corrected chi connectivity index (χ4v) is 1.51. The van der Waals surface area contributed by atoms with Gasteiger partial charge in [-0.25, -0.2) is 0 Å². The molecule has 76 valence electrons. The van der Waals surface area contributed by atoms with Crippen LogP contribution >= 0.6 is 0 Å². The quantitative estimate of drug-likeness (QED) is 0.673. The highest BCUT2D eigenvalue weighted by atomic mass is 16.6. The van der Waals surface area contributed by atoms with Crippen LogP contribution in [0.3, 0.4) is 0 Å². The predicted molar refractivity (Wildman–Crippen MR) is 51.0 cm³/mol. The summed E-state index contributed by atoms with van der Waals surface area (Å²) in [5, 5.41) is 0. The second-order valence-electron chi connectivity index (χ2n) is 3.42. The van der Waals surface area contributed by atoms with Crippen LogP contribution in [0.2, 0.25) is 0 Å². The average molecular weight is 194 g/mol. The van der Waals surface area contributed by atoms with Crippen LogP contribution in [0.5, 0.6) is 0 Å². The van der Waals surface area contributed by atoms with Crippen LogP contribution in [0.25, 0.3) is 0 Å². The van der Waals surface area contributed by atoms with E-state index in [0.29, 0.717) is 19.8 Å². The number of hydrogen-bond donors (Lipinski definition) is 0. The van der Waals surface area contributed by atoms with Gasteiger partial charge in [0.1, 0.15) is 6.10 Å². The first-order valence-corrected chi connectivity index (χ1v) is 4.77. The Morgan fingerprint density at radius 3 is 2.93 bits per heavy atom. The summed E-state index contributed by atoms with van der Waals surface area (Å²) in [6, 6.07) is 0. The highest BCUT2D eigenvalue weighted by Crippen LogP contribution is 2.20. The molecule has 0 unspecified atom stereocenters. The molecule has 0 N–H and O–H groups in total. The van der Waals surface area contributed by atoms with E-state index in [1.54, 1.807) is 6.20 Å². The molecule has 4 nitrogen and oxygen atoms in total. The lowest BCUT2D eigenvalue weighted by atomic mass is 10.2. The van der Waals surface area contributed by atoms with E-state index in [2.05, 4.69) is 9.97 Å². The Bertz CT molecular complexity index is 322. The molecule has 2 heterocycles. The summed E-state index contributed by atoms with van der Waals surface area (Å²) in [5.74, 6) is 0. The highest BCUT2D eigenvalue weighted by Gasteiger charge is 2.20. The summed E-state index contributed by atoms with van der Waals surface area (Å²) in [4.78, 5) is 8.68. The Hall–Kier alpha value is -1.00. The Morgan fingerprint density at radius 1 is 1.36 bits per heavy atom. The molecule has 1 aliphatic heterocycles. The molecular weight excluding hydrogens is 180 g/mol. The third-order valence-corrected chi connectivity index (χ3v) is 2.23. The van der Waals surface area contributed by atoms with Gasteiger partial charge in [0.15, 0.2) is 0 Å². The van der Waals surface area contributed by atoms with Gasteiger partial charge in [0, 0.05) is 6.20 Å². The standard InChI is InChI=1S/C10H14N2O2/c1-7-5-11-8(2)10(12-7)9-6-13-3-4-14-9/h5,9H,3-4,6H2,1-2H3/t9-/m0/s1. The number of ether oxygens (including phenoxy) is 2. The van der Waals surface area contributed by atoms with Gasteiger partial charge < -0.3 is 9.47 Å². The number of aryl methyl sites for hydroxylation is 2. The molecule has 1 aromatic heterocycles. The Morgan fingerprint density at radius 2 is 2.21 bits per heavy atom. The van der Waals surface area contributed by atoms with Crippen LogP contribution in [0.4, 0.5) is 0 Å². The SMILES string of the molecule is Cc1cnc(C)c([C@@H]2COCCO2)n1. The lowest BCUT2D eigenvalue weighted by molar-refractivity contribution is -0.0922. The van der Waals surface area contributed by atoms with E-state index in [0.717, 1.165) is 17.1 Å². The van der Waals surface area contributed by atoms with Crippen molar-refractivity contribution in [1.82, 2.24) is 9.97 Å². The van der Waals surface area contributed by atoms with Crippen molar-refractivity contribution >= 4 is 0 Å². The van der Waals surface area contributed by atoms with Gasteiger partial charge in [-0.1, -0.05) is 0 Å². The van der Waals surface area contributed by atoms with E-state index < -0.39 is 0 Å².